The predicted octanol–water partition coefficient (Wildman–Crippen LogP) is 3.92. The van der Waals surface area contributed by atoms with Gasteiger partial charge in [0.1, 0.15) is 0 Å². The van der Waals surface area contributed by atoms with Crippen molar-refractivity contribution in [1.82, 2.24) is 9.78 Å². The minimum Gasteiger partial charge on any atom is -0.351 e. The smallest absolute Gasteiger partial charge is 0.351 e. The maximum absolute atomic E-state index is 13.2. The Morgan fingerprint density at radius 3 is 2.26 bits per heavy atom. The number of primary amides is 1. The van der Waals surface area contributed by atoms with Crippen LogP contribution in [0.15, 0.2) is 54.6 Å². The number of anilines is 1. The maximum atomic E-state index is 13.2. The van der Waals surface area contributed by atoms with Gasteiger partial charge in [0.15, 0.2) is 5.69 Å². The molecule has 0 spiro atoms. The fourth-order valence-corrected chi connectivity index (χ4v) is 2.47. The van der Waals surface area contributed by atoms with Crippen LogP contribution >= 0.6 is 0 Å². The van der Waals surface area contributed by atoms with E-state index in [1.54, 1.807) is 12.1 Å². The van der Waals surface area contributed by atoms with E-state index in [1.807, 2.05) is 6.07 Å². The van der Waals surface area contributed by atoms with E-state index in [9.17, 15) is 18.0 Å². The molecule has 0 fully saturated rings. The molecular weight excluding hydrogens is 359 g/mol. The number of amides is 2. The van der Waals surface area contributed by atoms with E-state index in [4.69, 9.17) is 11.0 Å². The minimum absolute atomic E-state index is 0.211. The van der Waals surface area contributed by atoms with Crippen LogP contribution < -0.4 is 11.1 Å². The van der Waals surface area contributed by atoms with Gasteiger partial charge in [0, 0.05) is 11.3 Å². The minimum atomic E-state index is -4.61. The largest absolute Gasteiger partial charge is 0.435 e. The number of halogens is 3. The molecule has 1 aromatic heterocycles. The van der Waals surface area contributed by atoms with Gasteiger partial charge in [0.25, 0.3) is 0 Å². The number of urea groups is 1. The highest BCUT2D eigenvalue weighted by Crippen LogP contribution is 2.33. The highest BCUT2D eigenvalue weighted by molar-refractivity contribution is 5.87. The predicted molar refractivity (Wildman–Crippen MR) is 91.9 cm³/mol. The summed E-state index contributed by atoms with van der Waals surface area (Å²) in [6.45, 7) is 0. The maximum Gasteiger partial charge on any atom is 0.435 e. The van der Waals surface area contributed by atoms with Crippen molar-refractivity contribution in [3.05, 3.63) is 65.9 Å². The van der Waals surface area contributed by atoms with Crippen LogP contribution in [-0.2, 0) is 6.18 Å². The summed E-state index contributed by atoms with van der Waals surface area (Å²) in [6, 6.07) is 14.3. The number of hydrogen-bond donors (Lipinski definition) is 2. The lowest BCUT2D eigenvalue weighted by Crippen LogP contribution is -2.19. The molecule has 2 amide bonds. The molecule has 0 radical (unpaired) electrons. The number of nitrogens with one attached hydrogen (secondary N) is 1. The van der Waals surface area contributed by atoms with Crippen molar-refractivity contribution in [2.24, 2.45) is 5.73 Å². The standard InChI is InChI=1S/C18H12F3N5O/c19-18(20,21)16-9-15(12-3-1-11(10-22)2-4-12)26(25-16)14-7-5-13(6-8-14)24-17(23)27/h1-9H,(H3,23,24,27). The van der Waals surface area contributed by atoms with Gasteiger partial charge in [-0.05, 0) is 42.5 Å². The Balaban J connectivity index is 2.09. The van der Waals surface area contributed by atoms with Gasteiger partial charge < -0.3 is 11.1 Å². The van der Waals surface area contributed by atoms with Crippen molar-refractivity contribution in [1.29, 1.82) is 5.26 Å². The number of alkyl halides is 3. The monoisotopic (exact) mass is 371 g/mol. The molecule has 0 aliphatic rings. The first-order valence-corrected chi connectivity index (χ1v) is 7.62. The Kier molecular flexibility index (Phi) is 4.56. The number of nitriles is 1. The zero-order valence-electron chi connectivity index (χ0n) is 13.7. The van der Waals surface area contributed by atoms with Gasteiger partial charge in [-0.2, -0.15) is 23.5 Å². The molecule has 3 N–H and O–H groups in total. The van der Waals surface area contributed by atoms with Crippen LogP contribution in [0.25, 0.3) is 16.9 Å². The van der Waals surface area contributed by atoms with Gasteiger partial charge in [-0.25, -0.2) is 9.48 Å². The number of hydrogen-bond acceptors (Lipinski definition) is 3. The topological polar surface area (TPSA) is 96.7 Å². The summed E-state index contributed by atoms with van der Waals surface area (Å²) in [6.07, 6.45) is -4.61. The number of nitrogens with two attached hydrogens (primary N) is 1. The van der Waals surface area contributed by atoms with Crippen molar-refractivity contribution >= 4 is 11.7 Å². The molecule has 0 unspecified atom stereocenters. The summed E-state index contributed by atoms with van der Waals surface area (Å²) in [5, 5.41) is 14.9. The van der Waals surface area contributed by atoms with Gasteiger partial charge in [-0.1, -0.05) is 12.1 Å². The number of carbonyl (C=O) groups is 1. The normalized spacial score (nSPS) is 11.0. The highest BCUT2D eigenvalue weighted by atomic mass is 19.4. The van der Waals surface area contributed by atoms with E-state index < -0.39 is 17.9 Å². The van der Waals surface area contributed by atoms with E-state index >= 15 is 0 Å². The number of nitrogens with zero attached hydrogens (tertiary/aromatic N) is 3. The van der Waals surface area contributed by atoms with Crippen LogP contribution in [0.2, 0.25) is 0 Å². The van der Waals surface area contributed by atoms with Crippen molar-refractivity contribution in [3.63, 3.8) is 0 Å². The van der Waals surface area contributed by atoms with Gasteiger partial charge >= 0.3 is 12.2 Å². The summed E-state index contributed by atoms with van der Waals surface area (Å²) in [4.78, 5) is 10.9. The van der Waals surface area contributed by atoms with Crippen molar-refractivity contribution < 1.29 is 18.0 Å². The van der Waals surface area contributed by atoms with Crippen molar-refractivity contribution in [3.8, 4) is 23.0 Å². The second-order valence-electron chi connectivity index (χ2n) is 5.55. The highest BCUT2D eigenvalue weighted by Gasteiger charge is 2.35. The summed E-state index contributed by atoms with van der Waals surface area (Å²) in [7, 11) is 0. The lowest BCUT2D eigenvalue weighted by molar-refractivity contribution is -0.141. The molecule has 0 aliphatic heterocycles. The third-order valence-electron chi connectivity index (χ3n) is 3.69. The van der Waals surface area contributed by atoms with E-state index in [0.717, 1.165) is 10.7 Å². The van der Waals surface area contributed by atoms with Gasteiger partial charge in [0.2, 0.25) is 0 Å². The van der Waals surface area contributed by atoms with Crippen LogP contribution in [0, 0.1) is 11.3 Å². The van der Waals surface area contributed by atoms with Crippen LogP contribution in [-0.4, -0.2) is 15.8 Å². The zero-order chi connectivity index (χ0) is 19.6. The summed E-state index contributed by atoms with van der Waals surface area (Å²) in [5.41, 5.74) is 5.82. The lowest BCUT2D eigenvalue weighted by Gasteiger charge is -2.09. The van der Waals surface area contributed by atoms with Crippen LogP contribution in [0.4, 0.5) is 23.7 Å². The summed E-state index contributed by atoms with van der Waals surface area (Å²) < 4.78 is 40.6. The molecule has 27 heavy (non-hydrogen) atoms. The third kappa shape index (κ3) is 3.90. The SMILES string of the molecule is N#Cc1ccc(-c2cc(C(F)(F)F)nn2-c2ccc(NC(N)=O)cc2)cc1. The molecule has 3 aromatic rings. The van der Waals surface area contributed by atoms with E-state index in [1.165, 1.54) is 36.4 Å². The molecule has 6 nitrogen and oxygen atoms in total. The van der Waals surface area contributed by atoms with E-state index in [0.29, 0.717) is 22.5 Å². The molecule has 3 rings (SSSR count). The first-order chi connectivity index (χ1) is 12.8. The second-order valence-corrected chi connectivity index (χ2v) is 5.55. The molecule has 0 aliphatic carbocycles. The molecule has 0 saturated carbocycles. The third-order valence-corrected chi connectivity index (χ3v) is 3.69. The Morgan fingerprint density at radius 1 is 1.11 bits per heavy atom. The number of benzene rings is 2. The van der Waals surface area contributed by atoms with Crippen LogP contribution in [0.1, 0.15) is 11.3 Å². The fraction of sp³-hybridized carbons (Fsp3) is 0.0556. The Morgan fingerprint density at radius 2 is 1.74 bits per heavy atom. The molecule has 1 heterocycles. The molecule has 9 heteroatoms. The summed E-state index contributed by atoms with van der Waals surface area (Å²) >= 11 is 0. The van der Waals surface area contributed by atoms with E-state index in [-0.39, 0.29) is 5.69 Å². The average molecular weight is 371 g/mol. The fourth-order valence-electron chi connectivity index (χ4n) is 2.47. The second kappa shape index (κ2) is 6.84. The number of aromatic nitrogens is 2. The van der Waals surface area contributed by atoms with Gasteiger partial charge in [0.05, 0.1) is 23.0 Å². The molecule has 0 atom stereocenters. The lowest BCUT2D eigenvalue weighted by atomic mass is 10.1. The molecule has 136 valence electrons. The molecule has 0 bridgehead atoms. The Hall–Kier alpha value is -3.80. The quantitative estimate of drug-likeness (QED) is 0.730. The number of rotatable bonds is 3. The molecule has 2 aromatic carbocycles. The zero-order valence-corrected chi connectivity index (χ0v) is 13.7. The Bertz CT molecular complexity index is 1020. The first-order valence-electron chi connectivity index (χ1n) is 7.62. The van der Waals surface area contributed by atoms with Crippen LogP contribution in [0.3, 0.4) is 0 Å². The van der Waals surface area contributed by atoms with Gasteiger partial charge in [-0.15, -0.1) is 0 Å². The molecular formula is C18H12F3N5O. The summed E-state index contributed by atoms with van der Waals surface area (Å²) in [5.74, 6) is 0. The molecule has 0 saturated heterocycles. The van der Waals surface area contributed by atoms with Crippen molar-refractivity contribution in [2.45, 2.75) is 6.18 Å². The first kappa shape index (κ1) is 18.0. The number of carbonyl (C=O) groups excluding carboxylic acids is 1. The van der Waals surface area contributed by atoms with E-state index in [2.05, 4.69) is 10.4 Å². The average Bonchev–Trinajstić information content (AvgIpc) is 3.08. The van der Waals surface area contributed by atoms with Crippen LogP contribution in [0.5, 0.6) is 0 Å². The van der Waals surface area contributed by atoms with Crippen molar-refractivity contribution in [2.75, 3.05) is 5.32 Å². The van der Waals surface area contributed by atoms with Gasteiger partial charge in [-0.3, -0.25) is 0 Å². The Labute approximate surface area is 151 Å².